The highest BCUT2D eigenvalue weighted by Crippen LogP contribution is 2.41. The molecule has 246 valence electrons. The van der Waals surface area contributed by atoms with Crippen molar-refractivity contribution in [2.24, 2.45) is 23.5 Å². The molecule has 2 N–H and O–H groups in total. The first kappa shape index (κ1) is 29.8. The zero-order valence-electron chi connectivity index (χ0n) is 27.0. The van der Waals surface area contributed by atoms with Crippen molar-refractivity contribution in [1.29, 1.82) is 0 Å². The molecule has 2 unspecified atom stereocenters. The van der Waals surface area contributed by atoms with Gasteiger partial charge < -0.3 is 29.4 Å². The van der Waals surface area contributed by atoms with E-state index in [0.29, 0.717) is 59.9 Å². The molecule has 9 nitrogen and oxygen atoms in total. The molecule has 3 atom stereocenters. The minimum absolute atomic E-state index is 0.00837. The van der Waals surface area contributed by atoms with Gasteiger partial charge >= 0.3 is 0 Å². The number of hydrogen-bond donors (Lipinski definition) is 1. The number of benzene rings is 3. The monoisotopic (exact) mass is 662 g/mol. The Balaban J connectivity index is 1.12. The van der Waals surface area contributed by atoms with Crippen molar-refractivity contribution in [1.82, 2.24) is 23.9 Å². The molecule has 2 saturated carbocycles. The summed E-state index contributed by atoms with van der Waals surface area (Å²) in [6.45, 7) is 3.57. The highest BCUT2D eigenvalue weighted by Gasteiger charge is 2.47. The summed E-state index contributed by atoms with van der Waals surface area (Å²) in [7, 11) is 1.66. The number of methoxy groups -OCH3 is 1. The Morgan fingerprint density at radius 3 is 2.42 bits per heavy atom. The average molecular weight is 663 g/mol. The average Bonchev–Trinajstić information content (AvgIpc) is 3.43. The number of para-hydroxylation sites is 1. The van der Waals surface area contributed by atoms with Crippen LogP contribution in [0.5, 0.6) is 5.75 Å². The molecule has 9 rings (SSSR count). The van der Waals surface area contributed by atoms with Gasteiger partial charge in [-0.25, -0.2) is 4.98 Å². The third kappa shape index (κ3) is 4.89. The maximum Gasteiger partial charge on any atom is 0.254 e. The predicted molar refractivity (Wildman–Crippen MR) is 186 cm³/mol. The van der Waals surface area contributed by atoms with Crippen LogP contribution in [0.2, 0.25) is 5.02 Å². The third-order valence-corrected chi connectivity index (χ3v) is 11.4. The SMILES string of the molecule is COc1cc(C(=O)N2CC3CCC2[C@@H]3N)cc2nc(-c3cc4ccccc4n3CC3CC3)n(CC3CN(C(=O)c4cccc(Cl)c4)C3)c12. The maximum atomic E-state index is 14.0. The van der Waals surface area contributed by atoms with Gasteiger partial charge in [0.05, 0.1) is 18.3 Å². The summed E-state index contributed by atoms with van der Waals surface area (Å²) in [5, 5.41) is 1.73. The van der Waals surface area contributed by atoms with Crippen LogP contribution in [-0.2, 0) is 13.1 Å². The van der Waals surface area contributed by atoms with Crippen molar-refractivity contribution in [2.75, 3.05) is 26.7 Å². The maximum absolute atomic E-state index is 14.0. The lowest BCUT2D eigenvalue weighted by Crippen LogP contribution is -2.51. The molecule has 10 heteroatoms. The second kappa shape index (κ2) is 11.4. The molecular formula is C38H39ClN6O3. The quantitative estimate of drug-likeness (QED) is 0.218. The van der Waals surface area contributed by atoms with E-state index in [1.165, 1.54) is 23.7 Å². The van der Waals surface area contributed by atoms with E-state index in [0.717, 1.165) is 41.9 Å². The molecule has 2 aromatic heterocycles. The highest BCUT2D eigenvalue weighted by molar-refractivity contribution is 6.31. The van der Waals surface area contributed by atoms with Gasteiger partial charge in [0.2, 0.25) is 0 Å². The fraction of sp³-hybridized carbons (Fsp3) is 0.395. The molecule has 2 saturated heterocycles. The minimum atomic E-state index is -0.00918. The number of amides is 2. The number of piperidine rings is 1. The van der Waals surface area contributed by atoms with E-state index in [9.17, 15) is 9.59 Å². The molecule has 4 heterocycles. The van der Waals surface area contributed by atoms with Crippen molar-refractivity contribution in [3.8, 4) is 17.3 Å². The van der Waals surface area contributed by atoms with Crippen molar-refractivity contribution in [3.63, 3.8) is 0 Å². The number of imidazole rings is 1. The molecule has 5 aromatic rings. The van der Waals surface area contributed by atoms with Crippen molar-refractivity contribution < 1.29 is 14.3 Å². The summed E-state index contributed by atoms with van der Waals surface area (Å²) in [6, 6.07) is 21.8. The first-order chi connectivity index (χ1) is 23.4. The lowest BCUT2D eigenvalue weighted by atomic mass is 9.98. The summed E-state index contributed by atoms with van der Waals surface area (Å²) in [5.41, 5.74) is 11.5. The van der Waals surface area contributed by atoms with Gasteiger partial charge in [-0.2, -0.15) is 0 Å². The van der Waals surface area contributed by atoms with E-state index in [1.54, 1.807) is 19.2 Å². The number of ether oxygens (including phenoxy) is 1. The molecule has 4 fully saturated rings. The van der Waals surface area contributed by atoms with Crippen molar-refractivity contribution in [2.45, 2.75) is 50.9 Å². The van der Waals surface area contributed by atoms with Gasteiger partial charge in [0.15, 0.2) is 5.82 Å². The zero-order valence-corrected chi connectivity index (χ0v) is 27.8. The van der Waals surface area contributed by atoms with Crippen LogP contribution in [0.15, 0.2) is 66.7 Å². The lowest BCUT2D eigenvalue weighted by Gasteiger charge is -2.40. The number of halogens is 1. The van der Waals surface area contributed by atoms with E-state index in [1.807, 2.05) is 34.1 Å². The first-order valence-corrected chi connectivity index (χ1v) is 17.5. The number of likely N-dealkylation sites (tertiary alicyclic amines) is 2. The minimum Gasteiger partial charge on any atom is -0.494 e. The number of fused-ring (bicyclic) bond motifs is 4. The number of aromatic nitrogens is 3. The van der Waals surface area contributed by atoms with Crippen LogP contribution in [0.4, 0.5) is 0 Å². The Kier molecular flexibility index (Phi) is 7.06. The number of hydrogen-bond acceptors (Lipinski definition) is 5. The molecule has 0 spiro atoms. The van der Waals surface area contributed by atoms with Crippen LogP contribution in [0.25, 0.3) is 33.5 Å². The Hall–Kier alpha value is -4.34. The fourth-order valence-corrected chi connectivity index (χ4v) is 8.58. The van der Waals surface area contributed by atoms with Gasteiger partial charge in [-0.15, -0.1) is 0 Å². The second-order valence-corrected chi connectivity index (χ2v) is 14.7. The summed E-state index contributed by atoms with van der Waals surface area (Å²) in [4.78, 5) is 36.3. The van der Waals surface area contributed by atoms with Gasteiger partial charge in [0.25, 0.3) is 11.8 Å². The summed E-state index contributed by atoms with van der Waals surface area (Å²) < 4.78 is 10.7. The molecule has 2 bridgehead atoms. The van der Waals surface area contributed by atoms with E-state index in [-0.39, 0.29) is 29.8 Å². The van der Waals surface area contributed by atoms with Gasteiger partial charge in [-0.1, -0.05) is 35.9 Å². The van der Waals surface area contributed by atoms with Gasteiger partial charge in [0.1, 0.15) is 11.3 Å². The van der Waals surface area contributed by atoms with Crippen molar-refractivity contribution in [3.05, 3.63) is 82.9 Å². The number of carbonyl (C=O) groups is 2. The highest BCUT2D eigenvalue weighted by atomic mass is 35.5. The molecule has 2 aliphatic heterocycles. The van der Waals surface area contributed by atoms with Gasteiger partial charge in [-0.3, -0.25) is 9.59 Å². The van der Waals surface area contributed by atoms with Gasteiger partial charge in [-0.05, 0) is 80.0 Å². The van der Waals surface area contributed by atoms with Crippen LogP contribution in [0, 0.1) is 17.8 Å². The van der Waals surface area contributed by atoms with Crippen molar-refractivity contribution >= 4 is 45.4 Å². The number of carbonyl (C=O) groups excluding carboxylic acids is 2. The Labute approximate surface area is 284 Å². The lowest BCUT2D eigenvalue weighted by molar-refractivity contribution is 0.0471. The Morgan fingerprint density at radius 1 is 0.875 bits per heavy atom. The summed E-state index contributed by atoms with van der Waals surface area (Å²) in [6.07, 6.45) is 4.52. The van der Waals surface area contributed by atoms with E-state index >= 15 is 0 Å². The van der Waals surface area contributed by atoms with Gasteiger partial charge in [0, 0.05) is 77.8 Å². The second-order valence-electron chi connectivity index (χ2n) is 14.3. The molecule has 48 heavy (non-hydrogen) atoms. The third-order valence-electron chi connectivity index (χ3n) is 11.1. The predicted octanol–water partition coefficient (Wildman–Crippen LogP) is 6.06. The largest absolute Gasteiger partial charge is 0.494 e. The molecule has 4 aliphatic rings. The smallest absolute Gasteiger partial charge is 0.254 e. The zero-order chi connectivity index (χ0) is 32.7. The van der Waals surface area contributed by atoms with Crippen LogP contribution in [0.3, 0.4) is 0 Å². The molecule has 2 aliphatic carbocycles. The molecule has 2 amide bonds. The van der Waals surface area contributed by atoms with Crippen LogP contribution in [0.1, 0.15) is 46.4 Å². The Morgan fingerprint density at radius 2 is 1.69 bits per heavy atom. The van der Waals surface area contributed by atoms with E-state index in [4.69, 9.17) is 27.1 Å². The summed E-state index contributed by atoms with van der Waals surface area (Å²) >= 11 is 6.18. The number of nitrogens with two attached hydrogens (primary N) is 1. The number of nitrogens with zero attached hydrogens (tertiary/aromatic N) is 5. The first-order valence-electron chi connectivity index (χ1n) is 17.1. The Bertz CT molecular complexity index is 2090. The topological polar surface area (TPSA) is 98.6 Å². The van der Waals surface area contributed by atoms with Crippen LogP contribution < -0.4 is 10.5 Å². The number of rotatable bonds is 8. The molecule has 0 radical (unpaired) electrons. The normalized spacial score (nSPS) is 22.2. The fourth-order valence-electron chi connectivity index (χ4n) is 8.39. The molecular weight excluding hydrogens is 624 g/mol. The van der Waals surface area contributed by atoms with Crippen LogP contribution >= 0.6 is 11.6 Å². The standard InChI is InChI=1S/C38H39ClN6O3/c1-48-33-16-27(38(47)44-21-26-11-12-31(44)34(26)40)14-29-35(33)45(20-23-17-42(18-23)37(46)25-6-4-7-28(39)13-25)36(41-29)32-15-24-5-2-3-8-30(24)43(32)19-22-9-10-22/h2-8,13-16,22-23,26,31,34H,9-12,17-21,40H2,1H3/t26?,31?,34-/m1/s1. The van der Waals surface area contributed by atoms with Crippen LogP contribution in [-0.4, -0.2) is 74.6 Å². The molecule has 3 aromatic carbocycles. The van der Waals surface area contributed by atoms with E-state index < -0.39 is 0 Å². The summed E-state index contributed by atoms with van der Waals surface area (Å²) in [5.74, 6) is 2.72. The van der Waals surface area contributed by atoms with E-state index in [2.05, 4.69) is 39.5 Å².